The number of nitrogens with one attached hydrogen (secondary N) is 1. The number of amides is 1. The van der Waals surface area contributed by atoms with Crippen molar-refractivity contribution in [2.75, 3.05) is 30.8 Å². The highest BCUT2D eigenvalue weighted by molar-refractivity contribution is 7.92. The molecule has 1 heterocycles. The van der Waals surface area contributed by atoms with E-state index >= 15 is 0 Å². The highest BCUT2D eigenvalue weighted by Gasteiger charge is 2.44. The average molecular weight is 443 g/mol. The minimum atomic E-state index is -4.98. The van der Waals surface area contributed by atoms with E-state index < -0.39 is 22.1 Å². The highest BCUT2D eigenvalue weighted by atomic mass is 32.2. The first-order valence-corrected chi connectivity index (χ1v) is 10.3. The van der Waals surface area contributed by atoms with E-state index in [1.165, 1.54) is 25.3 Å². The zero-order valence-electron chi connectivity index (χ0n) is 16.4. The first-order valence-electron chi connectivity index (χ1n) is 8.79. The summed E-state index contributed by atoms with van der Waals surface area (Å²) in [6.45, 7) is -0.531. The molecule has 3 rings (SSSR count). The number of ether oxygens (including phenoxy) is 1. The number of carbonyl (C=O) groups excluding carboxylic acids is 1. The number of rotatable bonds is 5. The second-order valence-corrected chi connectivity index (χ2v) is 8.63. The maximum absolute atomic E-state index is 12.9. The van der Waals surface area contributed by atoms with Crippen molar-refractivity contribution in [3.05, 3.63) is 47.5 Å². The van der Waals surface area contributed by atoms with Crippen molar-refractivity contribution >= 4 is 27.3 Å². The molecule has 0 atom stereocenters. The van der Waals surface area contributed by atoms with E-state index in [9.17, 15) is 26.4 Å². The van der Waals surface area contributed by atoms with Crippen molar-refractivity contribution in [3.63, 3.8) is 0 Å². The molecule has 0 aromatic heterocycles. The van der Waals surface area contributed by atoms with Crippen LogP contribution in [0.4, 0.5) is 24.5 Å². The number of hydrogen-bond acceptors (Lipinski definition) is 5. The summed E-state index contributed by atoms with van der Waals surface area (Å²) in [6, 6.07) is 8.97. The van der Waals surface area contributed by atoms with Gasteiger partial charge in [-0.15, -0.1) is 0 Å². The lowest BCUT2D eigenvalue weighted by atomic mass is 10.1. The number of methoxy groups -OCH3 is 1. The molecule has 2 aromatic rings. The average Bonchev–Trinajstić information content (AvgIpc) is 3.09. The molecule has 1 N–H and O–H groups in total. The fourth-order valence-corrected chi connectivity index (χ4v) is 4.35. The Kier molecular flexibility index (Phi) is 5.59. The van der Waals surface area contributed by atoms with Gasteiger partial charge in [-0.2, -0.15) is 13.2 Å². The molecule has 0 saturated carbocycles. The topological polar surface area (TPSA) is 79.0 Å². The molecule has 0 unspecified atom stereocenters. The first-order chi connectivity index (χ1) is 13.9. The van der Waals surface area contributed by atoms with Crippen molar-refractivity contribution in [2.24, 2.45) is 0 Å². The van der Waals surface area contributed by atoms with Crippen LogP contribution in [0.15, 0.2) is 41.3 Å². The Morgan fingerprint density at radius 2 is 1.80 bits per heavy atom. The van der Waals surface area contributed by atoms with E-state index in [0.717, 1.165) is 0 Å². The molecule has 11 heteroatoms. The van der Waals surface area contributed by atoms with Crippen LogP contribution in [0.1, 0.15) is 11.1 Å². The molecule has 0 saturated heterocycles. The van der Waals surface area contributed by atoms with Crippen LogP contribution < -0.4 is 14.4 Å². The normalized spacial score (nSPS) is 13.7. The van der Waals surface area contributed by atoms with Gasteiger partial charge in [-0.1, -0.05) is 12.1 Å². The van der Waals surface area contributed by atoms with Crippen LogP contribution in [0.3, 0.4) is 0 Å². The molecule has 1 aliphatic heterocycles. The smallest absolute Gasteiger partial charge is 0.471 e. The van der Waals surface area contributed by atoms with Gasteiger partial charge in [0.2, 0.25) is 0 Å². The molecule has 162 valence electrons. The molecular formula is C19H20F3N3O4S. The van der Waals surface area contributed by atoms with Crippen molar-refractivity contribution in [3.8, 4) is 5.75 Å². The lowest BCUT2D eigenvalue weighted by Crippen LogP contribution is -2.37. The second kappa shape index (κ2) is 7.71. The van der Waals surface area contributed by atoms with E-state index in [1.807, 2.05) is 0 Å². The molecule has 1 amide bonds. The van der Waals surface area contributed by atoms with E-state index in [0.29, 0.717) is 27.5 Å². The molecule has 7 nitrogen and oxygen atoms in total. The van der Waals surface area contributed by atoms with Gasteiger partial charge in [-0.25, -0.2) is 8.42 Å². The number of nitrogens with zero attached hydrogens (tertiary/aromatic N) is 2. The highest BCUT2D eigenvalue weighted by Crippen LogP contribution is 2.36. The van der Waals surface area contributed by atoms with Gasteiger partial charge in [-0.05, 0) is 35.4 Å². The van der Waals surface area contributed by atoms with Crippen LogP contribution in [0.5, 0.6) is 5.75 Å². The first kappa shape index (κ1) is 21.8. The SMILES string of the molecule is COc1c(NS(=O)(=O)c2ccc3c(c2)CN(C(=O)C(F)(F)F)C3)cccc1N(C)C. The molecular weight excluding hydrogens is 423 g/mol. The standard InChI is InChI=1S/C19H20F3N3O4S/c1-24(2)16-6-4-5-15(17(16)29-3)23-30(27,28)14-8-7-12-10-25(11-13(12)9-14)18(26)19(20,21)22/h4-9,23H,10-11H2,1-3H3. The molecule has 0 aliphatic carbocycles. The van der Waals surface area contributed by atoms with Crippen molar-refractivity contribution in [1.82, 2.24) is 4.90 Å². The van der Waals surface area contributed by atoms with Crippen LogP contribution in [0, 0.1) is 0 Å². The van der Waals surface area contributed by atoms with Crippen molar-refractivity contribution in [1.29, 1.82) is 0 Å². The van der Waals surface area contributed by atoms with E-state index in [2.05, 4.69) is 4.72 Å². The number of benzene rings is 2. The van der Waals surface area contributed by atoms with Crippen LogP contribution in [0.2, 0.25) is 0 Å². The summed E-state index contributed by atoms with van der Waals surface area (Å²) in [5.74, 6) is -1.62. The maximum atomic E-state index is 12.9. The summed E-state index contributed by atoms with van der Waals surface area (Å²) >= 11 is 0. The summed E-state index contributed by atoms with van der Waals surface area (Å²) in [6.07, 6.45) is -4.98. The van der Waals surface area contributed by atoms with Gasteiger partial charge in [0.15, 0.2) is 5.75 Å². The number of sulfonamides is 1. The zero-order chi connectivity index (χ0) is 22.3. The minimum absolute atomic E-state index is 0.125. The molecule has 2 aromatic carbocycles. The number of alkyl halides is 3. The van der Waals surface area contributed by atoms with Crippen molar-refractivity contribution < 1.29 is 31.1 Å². The van der Waals surface area contributed by atoms with Gasteiger partial charge in [0.1, 0.15) is 0 Å². The Morgan fingerprint density at radius 1 is 1.13 bits per heavy atom. The van der Waals surface area contributed by atoms with E-state index in [-0.39, 0.29) is 23.7 Å². The quantitative estimate of drug-likeness (QED) is 0.769. The third-order valence-corrected chi connectivity index (χ3v) is 6.03. The summed E-state index contributed by atoms with van der Waals surface area (Å²) < 4.78 is 71.6. The van der Waals surface area contributed by atoms with Crippen molar-refractivity contribution in [2.45, 2.75) is 24.2 Å². The number of halogens is 3. The summed E-state index contributed by atoms with van der Waals surface area (Å²) in [5, 5.41) is 0. The number of anilines is 2. The van der Waals surface area contributed by atoms with Gasteiger partial charge in [-0.3, -0.25) is 9.52 Å². The molecule has 0 spiro atoms. The van der Waals surface area contributed by atoms with Gasteiger partial charge < -0.3 is 14.5 Å². The Hall–Kier alpha value is -2.95. The predicted octanol–water partition coefficient (Wildman–Crippen LogP) is 2.97. The summed E-state index contributed by atoms with van der Waals surface area (Å²) in [4.78, 5) is 13.7. The lowest BCUT2D eigenvalue weighted by Gasteiger charge is -2.20. The fraction of sp³-hybridized carbons (Fsp3) is 0.316. The van der Waals surface area contributed by atoms with Crippen LogP contribution in [-0.4, -0.2) is 46.6 Å². The van der Waals surface area contributed by atoms with Gasteiger partial charge in [0.05, 0.1) is 23.4 Å². The minimum Gasteiger partial charge on any atom is -0.492 e. The van der Waals surface area contributed by atoms with Gasteiger partial charge in [0.25, 0.3) is 10.0 Å². The Bertz CT molecular complexity index is 1080. The molecule has 30 heavy (non-hydrogen) atoms. The lowest BCUT2D eigenvalue weighted by molar-refractivity contribution is -0.186. The summed E-state index contributed by atoms with van der Waals surface area (Å²) in [7, 11) is 0.933. The third kappa shape index (κ3) is 4.16. The van der Waals surface area contributed by atoms with Crippen LogP contribution in [0.25, 0.3) is 0 Å². The van der Waals surface area contributed by atoms with E-state index in [4.69, 9.17) is 4.74 Å². The number of para-hydroxylation sites is 1. The fourth-order valence-electron chi connectivity index (χ4n) is 3.24. The molecule has 1 aliphatic rings. The number of carbonyl (C=O) groups is 1. The van der Waals surface area contributed by atoms with Gasteiger partial charge >= 0.3 is 12.1 Å². The maximum Gasteiger partial charge on any atom is 0.471 e. The number of hydrogen-bond donors (Lipinski definition) is 1. The monoisotopic (exact) mass is 443 g/mol. The van der Waals surface area contributed by atoms with E-state index in [1.54, 1.807) is 37.2 Å². The summed E-state index contributed by atoms with van der Waals surface area (Å²) in [5.41, 5.74) is 1.70. The second-order valence-electron chi connectivity index (χ2n) is 6.95. The Morgan fingerprint density at radius 3 is 2.40 bits per heavy atom. The number of fused-ring (bicyclic) bond motifs is 1. The molecule has 0 fully saturated rings. The molecule has 0 radical (unpaired) electrons. The predicted molar refractivity (Wildman–Crippen MR) is 105 cm³/mol. The third-order valence-electron chi connectivity index (χ3n) is 4.66. The Labute approximate surface area is 172 Å². The Balaban J connectivity index is 1.89. The largest absolute Gasteiger partial charge is 0.492 e. The zero-order valence-corrected chi connectivity index (χ0v) is 17.3. The van der Waals surface area contributed by atoms with Crippen LogP contribution >= 0.6 is 0 Å². The van der Waals surface area contributed by atoms with Crippen LogP contribution in [-0.2, 0) is 27.9 Å². The molecule has 0 bridgehead atoms. The van der Waals surface area contributed by atoms with Gasteiger partial charge in [0, 0.05) is 27.2 Å².